The van der Waals surface area contributed by atoms with E-state index in [0.29, 0.717) is 19.8 Å². The number of hydrogen-bond donors (Lipinski definition) is 1. The third-order valence-corrected chi connectivity index (χ3v) is 0.406. The topological polar surface area (TPSA) is 91.9 Å². The summed E-state index contributed by atoms with van der Waals surface area (Å²) in [6, 6.07) is 0. The summed E-state index contributed by atoms with van der Waals surface area (Å²) < 4.78 is 8.26. The number of aromatic nitrogens is 2. The molecule has 0 unspecified atom stereocenters. The molecule has 0 saturated heterocycles. The van der Waals surface area contributed by atoms with Crippen molar-refractivity contribution >= 4 is 29.7 Å². The standard InChI is InChI=1S/C3H4N2.Mo.H3O2PS2.O/c1-2-5-3-4-1;;1-3(2,4)5;/h1-3H,(H,4,5);;(H3,1,2,4,5);/q;+3;;/p-3. The molecule has 1 N–H and O–H groups in total. The van der Waals surface area contributed by atoms with Crippen molar-refractivity contribution in [2.45, 2.75) is 0 Å². The first-order chi connectivity index (χ1) is 5.50. The van der Waals surface area contributed by atoms with E-state index in [9.17, 15) is 9.79 Å². The zero-order valence-corrected chi connectivity index (χ0v) is 10.1. The van der Waals surface area contributed by atoms with E-state index in [0.717, 1.165) is 0 Å². The van der Waals surface area contributed by atoms with Gasteiger partial charge in [-0.2, -0.15) is 11.8 Å². The van der Waals surface area contributed by atoms with Gasteiger partial charge in [0.1, 0.15) is 0 Å². The Hall–Kier alpha value is 0.618. The first-order valence-electron chi connectivity index (χ1n) is 2.32. The second kappa shape index (κ2) is 9.70. The molecule has 1 aromatic rings. The van der Waals surface area contributed by atoms with E-state index >= 15 is 0 Å². The maximum absolute atomic E-state index is 9.29. The third-order valence-electron chi connectivity index (χ3n) is 0.406. The number of rotatable bonds is 0. The third kappa shape index (κ3) is 31.1. The molecule has 0 saturated carbocycles. The van der Waals surface area contributed by atoms with Gasteiger partial charge in [0, 0.05) is 12.4 Å². The minimum Gasteiger partial charge on any atom is -0.351 e. The second-order valence-electron chi connectivity index (χ2n) is 1.21. The van der Waals surface area contributed by atoms with Crippen molar-refractivity contribution in [2.75, 3.05) is 0 Å². The van der Waals surface area contributed by atoms with Gasteiger partial charge in [-0.25, -0.2) is 4.98 Å². The van der Waals surface area contributed by atoms with Crippen LogP contribution in [0.2, 0.25) is 0 Å². The van der Waals surface area contributed by atoms with E-state index < -0.39 is 5.69 Å². The summed E-state index contributed by atoms with van der Waals surface area (Å²) in [4.78, 5) is 25.0. The average Bonchev–Trinajstić information content (AvgIpc) is 2.41. The van der Waals surface area contributed by atoms with E-state index in [1.54, 1.807) is 18.7 Å². The van der Waals surface area contributed by atoms with Crippen LogP contribution in [0.3, 0.4) is 0 Å². The van der Waals surface area contributed by atoms with E-state index in [4.69, 9.17) is 3.40 Å². The predicted octanol–water partition coefficient (Wildman–Crippen LogP) is -1.23. The fourth-order valence-corrected chi connectivity index (χ4v) is 0.215. The monoisotopic (exact) mass is 309 g/mol. The second-order valence-corrected chi connectivity index (χ2v) is 5.68. The fraction of sp³-hybridized carbons (Fsp3) is 0. The molecule has 1 rings (SSSR count). The van der Waals surface area contributed by atoms with Gasteiger partial charge in [-0.15, -0.1) is 0 Å². The van der Waals surface area contributed by atoms with E-state index in [2.05, 4.69) is 34.0 Å². The number of H-pyrrole nitrogens is 1. The van der Waals surface area contributed by atoms with Crippen LogP contribution in [-0.2, 0) is 47.2 Å². The van der Waals surface area contributed by atoms with E-state index in [1.807, 2.05) is 0 Å². The molecule has 0 fully saturated rings. The molecule has 1 aromatic heterocycles. The Morgan fingerprint density at radius 2 is 2.00 bits per heavy atom. The Balaban J connectivity index is 0. The number of aromatic amines is 1. The number of imidazole rings is 1. The minimum atomic E-state index is -3.72. The van der Waals surface area contributed by atoms with Gasteiger partial charge in [0.25, 0.3) is 0 Å². The summed E-state index contributed by atoms with van der Waals surface area (Å²) in [7, 11) is 0. The van der Waals surface area contributed by atoms with Crippen LogP contribution in [0.15, 0.2) is 18.7 Å². The molecule has 0 amide bonds. The quantitative estimate of drug-likeness (QED) is 0.366. The summed E-state index contributed by atoms with van der Waals surface area (Å²) in [5.74, 6) is 0. The Labute approximate surface area is 91.2 Å². The molecule has 0 aliphatic rings. The van der Waals surface area contributed by atoms with Crippen LogP contribution in [0, 0.1) is 0 Å². The average molecular weight is 307 g/mol. The van der Waals surface area contributed by atoms with Gasteiger partial charge in [0.05, 0.1) is 6.33 Å². The first-order valence-corrected chi connectivity index (χ1v) is 6.79. The van der Waals surface area contributed by atoms with Crippen LogP contribution < -0.4 is 9.79 Å². The molecule has 0 aromatic carbocycles. The first kappa shape index (κ1) is 15.1. The van der Waals surface area contributed by atoms with Crippen molar-refractivity contribution in [1.29, 1.82) is 0 Å². The fourth-order valence-electron chi connectivity index (χ4n) is 0.215. The smallest absolute Gasteiger partial charge is 0.0919 e. The molecule has 0 aliphatic carbocycles. The normalized spacial score (nSPS) is 8.75. The summed E-state index contributed by atoms with van der Waals surface area (Å²) in [6.45, 7) is 0. The maximum Gasteiger partial charge on any atom is 0.0919 e. The Bertz CT molecular complexity index is 190. The zero-order valence-electron chi connectivity index (χ0n) is 5.58. The van der Waals surface area contributed by atoms with E-state index in [-0.39, 0.29) is 0 Å². The molecule has 0 aliphatic heterocycles. The van der Waals surface area contributed by atoms with Crippen LogP contribution in [0.4, 0.5) is 0 Å². The molecule has 0 bridgehead atoms. The molecule has 1 heterocycles. The number of hydrogen-bond acceptors (Lipinski definition) is 6. The molecule has 67 valence electrons. The van der Waals surface area contributed by atoms with Gasteiger partial charge in [0.15, 0.2) is 0 Å². The van der Waals surface area contributed by atoms with Crippen LogP contribution in [0.1, 0.15) is 0 Å². The summed E-state index contributed by atoms with van der Waals surface area (Å²) in [6.07, 6.45) is 5.08. The molecule has 0 atom stereocenters. The maximum atomic E-state index is 9.29. The van der Waals surface area contributed by atoms with Crippen molar-refractivity contribution in [1.82, 2.24) is 9.97 Å². The van der Waals surface area contributed by atoms with Gasteiger partial charge in [-0.05, 0) is 0 Å². The van der Waals surface area contributed by atoms with Gasteiger partial charge >= 0.3 is 23.2 Å². The summed E-state index contributed by atoms with van der Waals surface area (Å²) in [5.41, 5.74) is -3.72. The zero-order chi connectivity index (χ0) is 10.0. The summed E-state index contributed by atoms with van der Waals surface area (Å²) >= 11 is 7.98. The minimum absolute atomic E-state index is 0.700. The van der Waals surface area contributed by atoms with Crippen molar-refractivity contribution in [3.8, 4) is 0 Å². The Morgan fingerprint density at radius 3 is 2.08 bits per heavy atom. The van der Waals surface area contributed by atoms with Gasteiger partial charge < -0.3 is 32.7 Å². The van der Waals surface area contributed by atoms with Gasteiger partial charge in [0.2, 0.25) is 0 Å². The molecular formula is C3H4MoN2O3PS2. The molecule has 0 spiro atoms. The van der Waals surface area contributed by atoms with Crippen molar-refractivity contribution in [2.24, 2.45) is 0 Å². The van der Waals surface area contributed by atoms with Crippen LogP contribution in [-0.4, -0.2) is 9.97 Å². The number of nitrogens with one attached hydrogen (secondary N) is 1. The van der Waals surface area contributed by atoms with Crippen molar-refractivity contribution < 1.29 is 33.0 Å². The van der Waals surface area contributed by atoms with Crippen LogP contribution in [0.25, 0.3) is 0 Å². The Morgan fingerprint density at radius 1 is 1.58 bits per heavy atom. The van der Waals surface area contributed by atoms with Gasteiger partial charge in [-0.3, -0.25) is 0 Å². The van der Waals surface area contributed by atoms with Gasteiger partial charge in [-0.1, -0.05) is 0 Å². The molecule has 0 radical (unpaired) electrons. The molecule has 12 heavy (non-hydrogen) atoms. The van der Waals surface area contributed by atoms with Crippen LogP contribution >= 0.6 is 5.69 Å². The molecular weight excluding hydrogens is 303 g/mol. The molecule has 9 heteroatoms. The molecule has 5 nitrogen and oxygen atoms in total. The number of nitrogens with zero attached hydrogens (tertiary/aromatic N) is 1. The Kier molecular flexibility index (Phi) is 12.2. The van der Waals surface area contributed by atoms with Crippen molar-refractivity contribution in [3.63, 3.8) is 0 Å². The predicted molar refractivity (Wildman–Crippen MR) is 40.9 cm³/mol. The summed E-state index contributed by atoms with van der Waals surface area (Å²) in [5, 5.41) is 0. The SMILES string of the molecule is [O-]P([O-])(=S)[S-].[O]=[Mo+3].c1c[nH]cn1. The van der Waals surface area contributed by atoms with Crippen LogP contribution in [0.5, 0.6) is 0 Å². The largest absolute Gasteiger partial charge is 0.351 e. The van der Waals surface area contributed by atoms with Crippen molar-refractivity contribution in [3.05, 3.63) is 18.7 Å². The van der Waals surface area contributed by atoms with E-state index in [1.165, 1.54) is 0 Å².